The van der Waals surface area contributed by atoms with Crippen LogP contribution < -0.4 is 0 Å². The third-order valence-corrected chi connectivity index (χ3v) is 9.23. The van der Waals surface area contributed by atoms with Crippen molar-refractivity contribution in [2.24, 2.45) is 23.7 Å². The van der Waals surface area contributed by atoms with E-state index in [2.05, 4.69) is 30.3 Å². The molecule has 3 aliphatic rings. The standard InChI is InChI=1S/C30H48/c1-2-9-17-25(18-10-3-1)27-21-13-4-6-15-23-29(27)30-24-16-7-5-14-22-28(30)26-19-11-8-12-20-26/h8,11-12,19-20,25,27-30H,1-7,9-10,13-18,21-24H2. The van der Waals surface area contributed by atoms with E-state index < -0.39 is 0 Å². The molecule has 0 bridgehead atoms. The van der Waals surface area contributed by atoms with Gasteiger partial charge in [-0.3, -0.25) is 0 Å². The molecular weight excluding hydrogens is 360 g/mol. The lowest BCUT2D eigenvalue weighted by molar-refractivity contribution is 0.0820. The lowest BCUT2D eigenvalue weighted by Crippen LogP contribution is -2.34. The molecule has 0 heteroatoms. The molecule has 30 heavy (non-hydrogen) atoms. The Morgan fingerprint density at radius 1 is 0.400 bits per heavy atom. The van der Waals surface area contributed by atoms with Gasteiger partial charge in [0.25, 0.3) is 0 Å². The summed E-state index contributed by atoms with van der Waals surface area (Å²) < 4.78 is 0. The molecule has 0 N–H and O–H groups in total. The van der Waals surface area contributed by atoms with E-state index >= 15 is 0 Å². The van der Waals surface area contributed by atoms with Crippen LogP contribution in [0.15, 0.2) is 30.3 Å². The topological polar surface area (TPSA) is 0 Å². The maximum Gasteiger partial charge on any atom is -0.0131 e. The Kier molecular flexibility index (Phi) is 9.19. The zero-order valence-corrected chi connectivity index (χ0v) is 19.7. The van der Waals surface area contributed by atoms with Crippen molar-refractivity contribution in [1.82, 2.24) is 0 Å². The first-order chi connectivity index (χ1) is 14.9. The lowest BCUT2D eigenvalue weighted by Gasteiger charge is -2.44. The van der Waals surface area contributed by atoms with Gasteiger partial charge in [-0.05, 0) is 60.8 Å². The van der Waals surface area contributed by atoms with Crippen molar-refractivity contribution in [3.05, 3.63) is 35.9 Å². The van der Waals surface area contributed by atoms with Crippen molar-refractivity contribution >= 4 is 0 Å². The third kappa shape index (κ3) is 6.14. The SMILES string of the molecule is c1ccc(C2CCCCCCC2C2CCCCCCC2C2CCCCCCC2)cc1. The zero-order valence-electron chi connectivity index (χ0n) is 19.7. The largest absolute Gasteiger partial charge is 0.0622 e. The zero-order chi connectivity index (χ0) is 20.4. The van der Waals surface area contributed by atoms with Gasteiger partial charge in [-0.25, -0.2) is 0 Å². The summed E-state index contributed by atoms with van der Waals surface area (Å²) in [5, 5.41) is 0. The summed E-state index contributed by atoms with van der Waals surface area (Å²) in [5.41, 5.74) is 1.67. The fraction of sp³-hybridized carbons (Fsp3) is 0.800. The number of benzene rings is 1. The van der Waals surface area contributed by atoms with E-state index in [4.69, 9.17) is 0 Å². The highest BCUT2D eigenvalue weighted by atomic mass is 14.4. The molecule has 168 valence electrons. The van der Waals surface area contributed by atoms with E-state index in [0.717, 1.165) is 29.6 Å². The monoisotopic (exact) mass is 408 g/mol. The van der Waals surface area contributed by atoms with Gasteiger partial charge in [0.15, 0.2) is 0 Å². The molecule has 4 atom stereocenters. The Balaban J connectivity index is 1.61. The smallest absolute Gasteiger partial charge is 0.0131 e. The fourth-order valence-corrected chi connectivity index (χ4v) is 7.71. The van der Waals surface area contributed by atoms with E-state index in [1.165, 1.54) is 103 Å². The minimum atomic E-state index is 0.826. The molecule has 0 heterocycles. The van der Waals surface area contributed by atoms with E-state index in [1.54, 1.807) is 24.8 Å². The molecule has 4 unspecified atom stereocenters. The van der Waals surface area contributed by atoms with E-state index in [9.17, 15) is 0 Å². The predicted molar refractivity (Wildman–Crippen MR) is 131 cm³/mol. The molecule has 0 amide bonds. The molecule has 0 radical (unpaired) electrons. The maximum atomic E-state index is 2.47. The Morgan fingerprint density at radius 3 is 1.50 bits per heavy atom. The van der Waals surface area contributed by atoms with Gasteiger partial charge in [0.2, 0.25) is 0 Å². The normalized spacial score (nSPS) is 33.3. The number of hydrogen-bond acceptors (Lipinski definition) is 0. The molecule has 0 nitrogen and oxygen atoms in total. The van der Waals surface area contributed by atoms with E-state index in [0.29, 0.717) is 0 Å². The summed E-state index contributed by atoms with van der Waals surface area (Å²) in [5.74, 6) is 4.83. The average Bonchev–Trinajstić information content (AvgIpc) is 2.70. The van der Waals surface area contributed by atoms with Crippen molar-refractivity contribution in [2.45, 2.75) is 128 Å². The second kappa shape index (κ2) is 12.3. The van der Waals surface area contributed by atoms with Gasteiger partial charge in [-0.2, -0.15) is 0 Å². The first-order valence-corrected chi connectivity index (χ1v) is 14.0. The highest BCUT2D eigenvalue weighted by Gasteiger charge is 2.38. The van der Waals surface area contributed by atoms with Crippen LogP contribution in [0.25, 0.3) is 0 Å². The van der Waals surface area contributed by atoms with Crippen LogP contribution in [-0.2, 0) is 0 Å². The van der Waals surface area contributed by atoms with Crippen molar-refractivity contribution in [3.8, 4) is 0 Å². The van der Waals surface area contributed by atoms with Crippen LogP contribution in [0.1, 0.15) is 133 Å². The highest BCUT2D eigenvalue weighted by molar-refractivity contribution is 5.21. The van der Waals surface area contributed by atoms with Gasteiger partial charge in [0.1, 0.15) is 0 Å². The molecule has 0 saturated heterocycles. The molecule has 1 aromatic rings. The molecule has 3 saturated carbocycles. The summed E-state index contributed by atoms with van der Waals surface area (Å²) in [6, 6.07) is 11.7. The Morgan fingerprint density at radius 2 is 0.867 bits per heavy atom. The fourth-order valence-electron chi connectivity index (χ4n) is 7.71. The predicted octanol–water partition coefficient (Wildman–Crippen LogP) is 9.69. The molecule has 0 spiro atoms. The van der Waals surface area contributed by atoms with E-state index in [1.807, 2.05) is 0 Å². The number of rotatable bonds is 3. The summed E-state index contributed by atoms with van der Waals surface area (Å²) in [6.45, 7) is 0. The Hall–Kier alpha value is -0.780. The van der Waals surface area contributed by atoms with Crippen molar-refractivity contribution in [2.75, 3.05) is 0 Å². The van der Waals surface area contributed by atoms with Gasteiger partial charge < -0.3 is 0 Å². The van der Waals surface area contributed by atoms with Crippen LogP contribution in [0, 0.1) is 23.7 Å². The van der Waals surface area contributed by atoms with Crippen LogP contribution in [-0.4, -0.2) is 0 Å². The summed E-state index contributed by atoms with van der Waals surface area (Å²) in [7, 11) is 0. The lowest BCUT2D eigenvalue weighted by atomic mass is 9.61. The van der Waals surface area contributed by atoms with Crippen molar-refractivity contribution < 1.29 is 0 Å². The molecule has 3 fully saturated rings. The minimum Gasteiger partial charge on any atom is -0.0622 e. The number of hydrogen-bond donors (Lipinski definition) is 0. The third-order valence-electron chi connectivity index (χ3n) is 9.23. The first kappa shape index (κ1) is 22.4. The Labute approximate surface area is 187 Å². The average molecular weight is 409 g/mol. The van der Waals surface area contributed by atoms with Crippen LogP contribution >= 0.6 is 0 Å². The van der Waals surface area contributed by atoms with Crippen LogP contribution in [0.5, 0.6) is 0 Å². The summed E-state index contributed by atoms with van der Waals surface area (Å²) >= 11 is 0. The van der Waals surface area contributed by atoms with Gasteiger partial charge in [-0.1, -0.05) is 127 Å². The molecule has 1 aromatic carbocycles. The second-order valence-electron chi connectivity index (χ2n) is 11.1. The van der Waals surface area contributed by atoms with Crippen LogP contribution in [0.2, 0.25) is 0 Å². The molecule has 3 aliphatic carbocycles. The van der Waals surface area contributed by atoms with E-state index in [-0.39, 0.29) is 0 Å². The molecule has 0 aliphatic heterocycles. The van der Waals surface area contributed by atoms with Crippen molar-refractivity contribution in [1.29, 1.82) is 0 Å². The van der Waals surface area contributed by atoms with Gasteiger partial charge in [0.05, 0.1) is 0 Å². The van der Waals surface area contributed by atoms with Gasteiger partial charge in [0, 0.05) is 0 Å². The first-order valence-electron chi connectivity index (χ1n) is 14.0. The van der Waals surface area contributed by atoms with Crippen LogP contribution in [0.3, 0.4) is 0 Å². The highest BCUT2D eigenvalue weighted by Crippen LogP contribution is 2.49. The Bertz CT molecular complexity index is 567. The van der Waals surface area contributed by atoms with Gasteiger partial charge in [-0.15, -0.1) is 0 Å². The van der Waals surface area contributed by atoms with Crippen molar-refractivity contribution in [3.63, 3.8) is 0 Å². The maximum absolute atomic E-state index is 2.47. The molecule has 0 aromatic heterocycles. The van der Waals surface area contributed by atoms with Crippen LogP contribution in [0.4, 0.5) is 0 Å². The minimum absolute atomic E-state index is 0.826. The molecular formula is C30H48. The molecule has 4 rings (SSSR count). The summed E-state index contributed by atoms with van der Waals surface area (Å²) in [4.78, 5) is 0. The van der Waals surface area contributed by atoms with Gasteiger partial charge >= 0.3 is 0 Å². The quantitative estimate of drug-likeness (QED) is 0.467. The summed E-state index contributed by atoms with van der Waals surface area (Å²) in [6.07, 6.45) is 28.6. The second-order valence-corrected chi connectivity index (χ2v) is 11.1.